The minimum atomic E-state index is -0.101. The van der Waals surface area contributed by atoms with Crippen molar-refractivity contribution >= 4 is 11.6 Å². The molecule has 0 fully saturated rings. The van der Waals surface area contributed by atoms with Gasteiger partial charge in [-0.15, -0.1) is 0 Å². The van der Waals surface area contributed by atoms with Crippen molar-refractivity contribution in [3.05, 3.63) is 18.0 Å². The van der Waals surface area contributed by atoms with Crippen LogP contribution in [-0.2, 0) is 0 Å². The Morgan fingerprint density at radius 1 is 1.53 bits per heavy atom. The minimum Gasteiger partial charge on any atom is -0.397 e. The molecule has 0 unspecified atom stereocenters. The third-order valence-corrected chi connectivity index (χ3v) is 2.11. The van der Waals surface area contributed by atoms with Gasteiger partial charge in [0.25, 0.3) is 5.91 Å². The molecule has 4 N–H and O–H groups in total. The number of H-pyrrole nitrogens is 1. The van der Waals surface area contributed by atoms with Gasteiger partial charge in [0.05, 0.1) is 0 Å². The van der Waals surface area contributed by atoms with Crippen molar-refractivity contribution in [1.82, 2.24) is 10.3 Å². The van der Waals surface area contributed by atoms with Crippen LogP contribution in [0.5, 0.6) is 0 Å². The van der Waals surface area contributed by atoms with Gasteiger partial charge in [0.15, 0.2) is 0 Å². The van der Waals surface area contributed by atoms with Crippen LogP contribution in [0.2, 0.25) is 0 Å². The summed E-state index contributed by atoms with van der Waals surface area (Å²) in [5.41, 5.74) is 6.84. The summed E-state index contributed by atoms with van der Waals surface area (Å²) >= 11 is 0. The van der Waals surface area contributed by atoms with E-state index in [4.69, 9.17) is 5.73 Å². The summed E-state index contributed by atoms with van der Waals surface area (Å²) in [6.45, 7) is 7.12. The lowest BCUT2D eigenvalue weighted by atomic mass is 9.92. The van der Waals surface area contributed by atoms with Crippen LogP contribution in [0.25, 0.3) is 0 Å². The van der Waals surface area contributed by atoms with Gasteiger partial charge in [0.2, 0.25) is 0 Å². The molecule has 1 aromatic heterocycles. The molecule has 0 bridgehead atoms. The van der Waals surface area contributed by atoms with Crippen molar-refractivity contribution in [2.24, 2.45) is 5.41 Å². The third kappa shape index (κ3) is 4.06. The molecule has 0 saturated carbocycles. The number of amides is 1. The van der Waals surface area contributed by atoms with E-state index in [1.54, 1.807) is 12.3 Å². The van der Waals surface area contributed by atoms with Crippen LogP contribution in [-0.4, -0.2) is 17.4 Å². The summed E-state index contributed by atoms with van der Waals surface area (Å²) in [6, 6.07) is 1.63. The molecule has 0 spiro atoms. The molecule has 1 aromatic rings. The maximum atomic E-state index is 11.5. The highest BCUT2D eigenvalue weighted by Gasteiger charge is 2.11. The maximum Gasteiger partial charge on any atom is 0.267 e. The molecule has 0 aliphatic heterocycles. The Balaban J connectivity index is 2.37. The van der Waals surface area contributed by atoms with Crippen molar-refractivity contribution in [2.45, 2.75) is 27.2 Å². The number of hydrogen-bond donors (Lipinski definition) is 3. The number of aromatic nitrogens is 1. The summed E-state index contributed by atoms with van der Waals surface area (Å²) in [7, 11) is 0. The Labute approximate surface area is 90.2 Å². The fourth-order valence-corrected chi connectivity index (χ4v) is 1.19. The lowest BCUT2D eigenvalue weighted by Gasteiger charge is -2.17. The predicted molar refractivity (Wildman–Crippen MR) is 61.6 cm³/mol. The van der Waals surface area contributed by atoms with E-state index < -0.39 is 0 Å². The number of nitrogens with one attached hydrogen (secondary N) is 2. The number of carbonyl (C=O) groups excluding carboxylic acids is 1. The highest BCUT2D eigenvalue weighted by molar-refractivity contribution is 5.93. The normalized spacial score (nSPS) is 11.4. The van der Waals surface area contributed by atoms with Crippen LogP contribution in [0.3, 0.4) is 0 Å². The molecule has 1 rings (SSSR count). The maximum absolute atomic E-state index is 11.5. The van der Waals surface area contributed by atoms with Gasteiger partial charge in [-0.25, -0.2) is 0 Å². The van der Waals surface area contributed by atoms with Gasteiger partial charge in [0.1, 0.15) is 5.69 Å². The Kier molecular flexibility index (Phi) is 3.39. The van der Waals surface area contributed by atoms with Crippen LogP contribution in [0.1, 0.15) is 37.7 Å². The van der Waals surface area contributed by atoms with Gasteiger partial charge in [-0.3, -0.25) is 4.79 Å². The number of carbonyl (C=O) groups is 1. The average molecular weight is 209 g/mol. The molecule has 0 aliphatic rings. The van der Waals surface area contributed by atoms with Crippen molar-refractivity contribution in [1.29, 1.82) is 0 Å². The number of nitrogens with two attached hydrogens (primary N) is 1. The largest absolute Gasteiger partial charge is 0.397 e. The smallest absolute Gasteiger partial charge is 0.267 e. The number of rotatable bonds is 3. The first kappa shape index (κ1) is 11.6. The zero-order valence-corrected chi connectivity index (χ0v) is 9.55. The van der Waals surface area contributed by atoms with E-state index in [1.807, 2.05) is 0 Å². The van der Waals surface area contributed by atoms with Gasteiger partial charge in [-0.1, -0.05) is 20.8 Å². The Morgan fingerprint density at radius 3 is 2.67 bits per heavy atom. The van der Waals surface area contributed by atoms with Crippen LogP contribution in [0.4, 0.5) is 5.69 Å². The molecule has 4 heteroatoms. The minimum absolute atomic E-state index is 0.101. The van der Waals surface area contributed by atoms with Gasteiger partial charge < -0.3 is 16.0 Å². The van der Waals surface area contributed by atoms with E-state index in [0.717, 1.165) is 6.42 Å². The second kappa shape index (κ2) is 4.38. The van der Waals surface area contributed by atoms with Gasteiger partial charge in [-0.05, 0) is 17.9 Å². The third-order valence-electron chi connectivity index (χ3n) is 2.11. The summed E-state index contributed by atoms with van der Waals surface area (Å²) < 4.78 is 0. The molecule has 84 valence electrons. The van der Waals surface area contributed by atoms with Crippen LogP contribution in [0.15, 0.2) is 12.3 Å². The summed E-state index contributed by atoms with van der Waals surface area (Å²) in [5.74, 6) is -0.101. The summed E-state index contributed by atoms with van der Waals surface area (Å²) in [5, 5.41) is 2.84. The molecular weight excluding hydrogens is 190 g/mol. The van der Waals surface area contributed by atoms with Gasteiger partial charge in [0, 0.05) is 18.4 Å². The lowest BCUT2D eigenvalue weighted by Crippen LogP contribution is -2.27. The lowest BCUT2D eigenvalue weighted by molar-refractivity contribution is 0.0945. The second-order valence-electron chi connectivity index (χ2n) is 4.91. The van der Waals surface area contributed by atoms with Gasteiger partial charge in [-0.2, -0.15) is 0 Å². The molecule has 0 radical (unpaired) electrons. The highest BCUT2D eigenvalue weighted by Crippen LogP contribution is 2.17. The van der Waals surface area contributed by atoms with Gasteiger partial charge >= 0.3 is 0 Å². The standard InChI is InChI=1S/C11H19N3O/c1-11(2,3)4-5-13-10(15)9-6-8(12)7-14-9/h6-7,14H,4-5,12H2,1-3H3,(H,13,15). The number of anilines is 1. The molecule has 0 aromatic carbocycles. The average Bonchev–Trinajstić information content (AvgIpc) is 2.49. The summed E-state index contributed by atoms with van der Waals surface area (Å²) in [4.78, 5) is 14.4. The van der Waals surface area contributed by atoms with E-state index in [0.29, 0.717) is 17.9 Å². The molecular formula is C11H19N3O. The van der Waals surface area contributed by atoms with Crippen molar-refractivity contribution in [3.8, 4) is 0 Å². The van der Waals surface area contributed by atoms with E-state index >= 15 is 0 Å². The number of nitrogen functional groups attached to an aromatic ring is 1. The molecule has 1 heterocycles. The first-order valence-corrected chi connectivity index (χ1v) is 5.10. The molecule has 15 heavy (non-hydrogen) atoms. The first-order valence-electron chi connectivity index (χ1n) is 5.10. The SMILES string of the molecule is CC(C)(C)CCNC(=O)c1cc(N)c[nH]1. The highest BCUT2D eigenvalue weighted by atomic mass is 16.1. The topological polar surface area (TPSA) is 70.9 Å². The van der Waals surface area contributed by atoms with Crippen molar-refractivity contribution < 1.29 is 4.79 Å². The Morgan fingerprint density at radius 2 is 2.20 bits per heavy atom. The zero-order chi connectivity index (χ0) is 11.5. The first-order chi connectivity index (χ1) is 6.88. The van der Waals surface area contributed by atoms with Crippen molar-refractivity contribution in [2.75, 3.05) is 12.3 Å². The predicted octanol–water partition coefficient (Wildman–Crippen LogP) is 1.76. The Hall–Kier alpha value is -1.45. The molecule has 1 amide bonds. The van der Waals surface area contributed by atoms with Crippen LogP contribution < -0.4 is 11.1 Å². The zero-order valence-electron chi connectivity index (χ0n) is 9.55. The number of hydrogen-bond acceptors (Lipinski definition) is 2. The second-order valence-corrected chi connectivity index (χ2v) is 4.91. The fraction of sp³-hybridized carbons (Fsp3) is 0.545. The van der Waals surface area contributed by atoms with Crippen LogP contribution in [0, 0.1) is 5.41 Å². The Bertz CT molecular complexity index is 336. The molecule has 0 aliphatic carbocycles. The monoisotopic (exact) mass is 209 g/mol. The molecule has 0 atom stereocenters. The van der Waals surface area contributed by atoms with E-state index in [-0.39, 0.29) is 11.3 Å². The summed E-state index contributed by atoms with van der Waals surface area (Å²) in [6.07, 6.45) is 2.56. The van der Waals surface area contributed by atoms with Crippen LogP contribution >= 0.6 is 0 Å². The fourth-order valence-electron chi connectivity index (χ4n) is 1.19. The van der Waals surface area contributed by atoms with E-state index in [2.05, 4.69) is 31.1 Å². The van der Waals surface area contributed by atoms with E-state index in [1.165, 1.54) is 0 Å². The quantitative estimate of drug-likeness (QED) is 0.710. The van der Waals surface area contributed by atoms with E-state index in [9.17, 15) is 4.79 Å². The molecule has 4 nitrogen and oxygen atoms in total. The number of aromatic amines is 1. The van der Waals surface area contributed by atoms with Crippen molar-refractivity contribution in [3.63, 3.8) is 0 Å². The molecule has 0 saturated heterocycles.